The van der Waals surface area contributed by atoms with Crippen LogP contribution in [0.2, 0.25) is 0 Å². The van der Waals surface area contributed by atoms with Crippen LogP contribution in [0.25, 0.3) is 5.65 Å². The topological polar surface area (TPSA) is 106 Å². The molecule has 178 valence electrons. The molecular formula is C19H23F6N5O2. The normalized spacial score (nSPS) is 22.2. The number of carbonyl (C=O) groups is 1. The lowest BCUT2D eigenvalue weighted by atomic mass is 9.85. The number of nitrogens with one attached hydrogen (secondary N) is 1. The highest BCUT2D eigenvalue weighted by atomic mass is 19.4. The molecule has 0 aromatic carbocycles. The molecule has 3 heterocycles. The summed E-state index contributed by atoms with van der Waals surface area (Å²) in [5, 5.41) is 16.3. The fraction of sp³-hybridized carbons (Fsp3) is 0.632. The van der Waals surface area contributed by atoms with Crippen LogP contribution in [0.15, 0.2) is 18.5 Å². The molecule has 2 unspecified atom stereocenters. The number of aromatic nitrogens is 3. The van der Waals surface area contributed by atoms with Crippen molar-refractivity contribution in [2.24, 2.45) is 17.1 Å². The standard InChI is InChI=1S/C19H23F6N5O2/c1-17(2,19(23,24)25)4-3-11(26)12-8-30-14(28-12)5-9(7-27-30)15(31)10-6-13(18(20,21)22)29-16(10)32/h5,7-8,10-11,13,15,31H,3-4,6,26H2,1-2H3,(H,29,32)/t10?,11-,13-,15?/m0/s1. The maximum atomic E-state index is 13.0. The zero-order valence-corrected chi connectivity index (χ0v) is 17.2. The average molecular weight is 467 g/mol. The van der Waals surface area contributed by atoms with E-state index in [0.717, 1.165) is 13.8 Å². The lowest BCUT2D eigenvalue weighted by molar-refractivity contribution is -0.214. The molecule has 7 nitrogen and oxygen atoms in total. The first kappa shape index (κ1) is 24.2. The molecule has 1 aliphatic rings. The SMILES string of the molecule is CC(C)(CC[C@H](N)c1cn2ncc(C(O)C3C[C@@H](C(F)(F)F)NC3=O)cc2n1)C(F)(F)F. The third kappa shape index (κ3) is 4.82. The molecule has 0 bridgehead atoms. The Kier molecular flexibility index (Phi) is 6.19. The van der Waals surface area contributed by atoms with Gasteiger partial charge in [0.25, 0.3) is 0 Å². The zero-order valence-electron chi connectivity index (χ0n) is 17.2. The number of imidazole rings is 1. The van der Waals surface area contributed by atoms with E-state index in [2.05, 4.69) is 10.1 Å². The summed E-state index contributed by atoms with van der Waals surface area (Å²) in [5.74, 6) is -2.23. The number of hydrogen-bond donors (Lipinski definition) is 3. The van der Waals surface area contributed by atoms with Gasteiger partial charge in [-0.25, -0.2) is 9.50 Å². The summed E-state index contributed by atoms with van der Waals surface area (Å²) in [5.41, 5.74) is 4.63. The highest BCUT2D eigenvalue weighted by Crippen LogP contribution is 2.42. The van der Waals surface area contributed by atoms with Crippen molar-refractivity contribution in [1.29, 1.82) is 0 Å². The van der Waals surface area contributed by atoms with Crippen LogP contribution in [0, 0.1) is 11.3 Å². The van der Waals surface area contributed by atoms with E-state index < -0.39 is 54.2 Å². The van der Waals surface area contributed by atoms with Crippen LogP contribution in [0.3, 0.4) is 0 Å². The van der Waals surface area contributed by atoms with E-state index in [4.69, 9.17) is 5.73 Å². The number of rotatable bonds is 6. The lowest BCUT2D eigenvalue weighted by Gasteiger charge is -2.28. The molecule has 0 radical (unpaired) electrons. The second kappa shape index (κ2) is 8.18. The quantitative estimate of drug-likeness (QED) is 0.566. The first-order valence-electron chi connectivity index (χ1n) is 9.83. The summed E-state index contributed by atoms with van der Waals surface area (Å²) in [7, 11) is 0. The van der Waals surface area contributed by atoms with Gasteiger partial charge >= 0.3 is 12.4 Å². The Morgan fingerprint density at radius 1 is 1.28 bits per heavy atom. The number of hydrogen-bond acceptors (Lipinski definition) is 5. The van der Waals surface area contributed by atoms with Gasteiger partial charge < -0.3 is 16.2 Å². The molecule has 1 aliphatic heterocycles. The van der Waals surface area contributed by atoms with Crippen LogP contribution in [-0.4, -0.2) is 44.0 Å². The number of amides is 1. The Bertz CT molecular complexity index is 987. The molecule has 0 aliphatic carbocycles. The van der Waals surface area contributed by atoms with Gasteiger partial charge in [-0.15, -0.1) is 0 Å². The van der Waals surface area contributed by atoms with Gasteiger partial charge in [-0.05, 0) is 25.3 Å². The van der Waals surface area contributed by atoms with E-state index in [0.29, 0.717) is 0 Å². The summed E-state index contributed by atoms with van der Waals surface area (Å²) in [6.07, 6.45) is -8.76. The number of aliphatic hydroxyl groups excluding tert-OH is 1. The Hall–Kier alpha value is -2.41. The molecule has 3 rings (SSSR count). The number of nitrogens with two attached hydrogens (primary N) is 1. The molecular weight excluding hydrogens is 444 g/mol. The maximum absolute atomic E-state index is 13.0. The largest absolute Gasteiger partial charge is 0.408 e. The fourth-order valence-corrected chi connectivity index (χ4v) is 3.47. The second-order valence-corrected chi connectivity index (χ2v) is 8.67. The van der Waals surface area contributed by atoms with Gasteiger partial charge in [0.15, 0.2) is 5.65 Å². The van der Waals surface area contributed by atoms with Gasteiger partial charge in [-0.1, -0.05) is 13.8 Å². The van der Waals surface area contributed by atoms with Gasteiger partial charge in [0.05, 0.1) is 35.5 Å². The third-order valence-electron chi connectivity index (χ3n) is 5.85. The summed E-state index contributed by atoms with van der Waals surface area (Å²) in [6, 6.07) is -1.50. The molecule has 13 heteroatoms. The molecule has 1 fully saturated rings. The van der Waals surface area contributed by atoms with Crippen LogP contribution in [0.1, 0.15) is 56.5 Å². The molecule has 4 atom stereocenters. The minimum absolute atomic E-state index is 0.00689. The fourth-order valence-electron chi connectivity index (χ4n) is 3.47. The van der Waals surface area contributed by atoms with Gasteiger partial charge in [0, 0.05) is 11.6 Å². The third-order valence-corrected chi connectivity index (χ3v) is 5.85. The molecule has 2 aromatic heterocycles. The number of nitrogens with zero attached hydrogens (tertiary/aromatic N) is 3. The van der Waals surface area contributed by atoms with Crippen molar-refractivity contribution in [1.82, 2.24) is 19.9 Å². The van der Waals surface area contributed by atoms with E-state index in [1.165, 1.54) is 23.0 Å². The number of aliphatic hydroxyl groups is 1. The molecule has 1 amide bonds. The van der Waals surface area contributed by atoms with Crippen molar-refractivity contribution in [3.63, 3.8) is 0 Å². The Balaban J connectivity index is 1.74. The first-order valence-corrected chi connectivity index (χ1v) is 9.83. The van der Waals surface area contributed by atoms with Gasteiger partial charge in [-0.2, -0.15) is 31.4 Å². The van der Waals surface area contributed by atoms with Crippen LogP contribution >= 0.6 is 0 Å². The van der Waals surface area contributed by atoms with Crippen molar-refractivity contribution in [3.05, 3.63) is 29.7 Å². The maximum Gasteiger partial charge on any atom is 0.408 e. The highest BCUT2D eigenvalue weighted by molar-refractivity contribution is 5.82. The minimum atomic E-state index is -4.62. The minimum Gasteiger partial charge on any atom is -0.388 e. The summed E-state index contributed by atoms with van der Waals surface area (Å²) in [6.45, 7) is 2.17. The van der Waals surface area contributed by atoms with Crippen LogP contribution in [-0.2, 0) is 4.79 Å². The van der Waals surface area contributed by atoms with Crippen molar-refractivity contribution in [2.45, 2.75) is 63.7 Å². The second-order valence-electron chi connectivity index (χ2n) is 8.67. The summed E-state index contributed by atoms with van der Waals surface area (Å²) < 4.78 is 79.0. The number of alkyl halides is 6. The van der Waals surface area contributed by atoms with Crippen molar-refractivity contribution >= 4 is 11.6 Å². The summed E-state index contributed by atoms with van der Waals surface area (Å²) in [4.78, 5) is 16.1. The van der Waals surface area contributed by atoms with E-state index in [9.17, 15) is 36.2 Å². The molecule has 2 aromatic rings. The highest BCUT2D eigenvalue weighted by Gasteiger charge is 2.50. The van der Waals surface area contributed by atoms with Crippen LogP contribution in [0.4, 0.5) is 26.3 Å². The molecule has 1 saturated heterocycles. The molecule has 32 heavy (non-hydrogen) atoms. The van der Waals surface area contributed by atoms with Crippen molar-refractivity contribution in [3.8, 4) is 0 Å². The first-order chi connectivity index (χ1) is 14.6. The number of carbonyl (C=O) groups excluding carboxylic acids is 1. The smallest absolute Gasteiger partial charge is 0.388 e. The van der Waals surface area contributed by atoms with Crippen LogP contribution in [0.5, 0.6) is 0 Å². The Morgan fingerprint density at radius 3 is 2.50 bits per heavy atom. The number of halogens is 6. The van der Waals surface area contributed by atoms with Gasteiger partial charge in [0.1, 0.15) is 6.04 Å². The Morgan fingerprint density at radius 2 is 1.94 bits per heavy atom. The van der Waals surface area contributed by atoms with E-state index in [-0.39, 0.29) is 29.7 Å². The van der Waals surface area contributed by atoms with E-state index in [1.54, 1.807) is 0 Å². The number of fused-ring (bicyclic) bond motifs is 1. The van der Waals surface area contributed by atoms with Crippen molar-refractivity contribution in [2.75, 3.05) is 0 Å². The predicted octanol–water partition coefficient (Wildman–Crippen LogP) is 3.20. The average Bonchev–Trinajstić information content (AvgIpc) is 3.27. The summed E-state index contributed by atoms with van der Waals surface area (Å²) >= 11 is 0. The van der Waals surface area contributed by atoms with E-state index in [1.807, 2.05) is 5.32 Å². The Labute approximate surface area is 179 Å². The predicted molar refractivity (Wildman–Crippen MR) is 100 cm³/mol. The van der Waals surface area contributed by atoms with E-state index >= 15 is 0 Å². The van der Waals surface area contributed by atoms with Gasteiger partial charge in [-0.3, -0.25) is 4.79 Å². The van der Waals surface area contributed by atoms with Crippen LogP contribution < -0.4 is 11.1 Å². The lowest BCUT2D eigenvalue weighted by Crippen LogP contribution is -2.38. The van der Waals surface area contributed by atoms with Gasteiger partial charge in [0.2, 0.25) is 5.91 Å². The molecule has 0 spiro atoms. The molecule has 0 saturated carbocycles. The zero-order chi connectivity index (χ0) is 24.1. The van der Waals surface area contributed by atoms with Crippen molar-refractivity contribution < 1.29 is 36.2 Å². The monoisotopic (exact) mass is 467 g/mol. The molecule has 4 N–H and O–H groups in total.